The molecule has 2 unspecified atom stereocenters. The number of hydrogen-bond acceptors (Lipinski definition) is 3. The number of piperazine rings is 1. The molecule has 4 nitrogen and oxygen atoms in total. The Labute approximate surface area is 109 Å². The number of rotatable bonds is 2. The van der Waals surface area contributed by atoms with Gasteiger partial charge in [0.05, 0.1) is 0 Å². The molecule has 2 aliphatic carbocycles. The number of hydrogen-bond donors (Lipinski definition) is 1. The van der Waals surface area contributed by atoms with Gasteiger partial charge in [-0.2, -0.15) is 0 Å². The first-order chi connectivity index (χ1) is 8.74. The van der Waals surface area contributed by atoms with Crippen LogP contribution >= 0.6 is 0 Å². The van der Waals surface area contributed by atoms with Crippen molar-refractivity contribution in [1.29, 1.82) is 0 Å². The Balaban J connectivity index is 1.50. The maximum atomic E-state index is 12.4. The van der Waals surface area contributed by atoms with Gasteiger partial charge in [-0.15, -0.1) is 0 Å². The molecule has 3 rings (SSSR count). The lowest BCUT2D eigenvalue weighted by Crippen LogP contribution is -2.51. The normalized spacial score (nSPS) is 34.6. The second-order valence-electron chi connectivity index (χ2n) is 6.22. The first-order valence-electron chi connectivity index (χ1n) is 7.52. The van der Waals surface area contributed by atoms with Gasteiger partial charge < -0.3 is 10.6 Å². The van der Waals surface area contributed by atoms with Crippen LogP contribution in [0.15, 0.2) is 0 Å². The van der Waals surface area contributed by atoms with Gasteiger partial charge in [0, 0.05) is 44.2 Å². The number of nitrogens with zero attached hydrogens (tertiary/aromatic N) is 2. The molecule has 2 atom stereocenters. The summed E-state index contributed by atoms with van der Waals surface area (Å²) in [7, 11) is 0. The van der Waals surface area contributed by atoms with E-state index in [9.17, 15) is 4.79 Å². The molecule has 18 heavy (non-hydrogen) atoms. The first kappa shape index (κ1) is 12.4. The van der Waals surface area contributed by atoms with Crippen LogP contribution in [-0.2, 0) is 4.79 Å². The Bertz CT molecular complexity index is 308. The molecule has 1 heterocycles. The SMILES string of the molecule is NC1CCCC(C(=O)N2CCN(C3CC3)CC2)C1. The molecule has 0 aromatic carbocycles. The molecule has 1 amide bonds. The van der Waals surface area contributed by atoms with Crippen LogP contribution in [0.2, 0.25) is 0 Å². The third-order valence-electron chi connectivity index (χ3n) is 4.75. The van der Waals surface area contributed by atoms with Crippen LogP contribution in [0.3, 0.4) is 0 Å². The van der Waals surface area contributed by atoms with Crippen molar-refractivity contribution in [2.75, 3.05) is 26.2 Å². The van der Waals surface area contributed by atoms with Gasteiger partial charge in [-0.25, -0.2) is 0 Å². The largest absolute Gasteiger partial charge is 0.340 e. The molecule has 2 saturated carbocycles. The fraction of sp³-hybridized carbons (Fsp3) is 0.929. The Morgan fingerprint density at radius 2 is 1.72 bits per heavy atom. The number of carbonyl (C=O) groups excluding carboxylic acids is 1. The van der Waals surface area contributed by atoms with Crippen molar-refractivity contribution in [3.05, 3.63) is 0 Å². The zero-order valence-corrected chi connectivity index (χ0v) is 11.2. The quantitative estimate of drug-likeness (QED) is 0.790. The van der Waals surface area contributed by atoms with E-state index in [1.807, 2.05) is 0 Å². The van der Waals surface area contributed by atoms with Crippen LogP contribution in [0.1, 0.15) is 38.5 Å². The van der Waals surface area contributed by atoms with E-state index in [1.54, 1.807) is 0 Å². The highest BCUT2D eigenvalue weighted by atomic mass is 16.2. The highest BCUT2D eigenvalue weighted by Crippen LogP contribution is 2.29. The van der Waals surface area contributed by atoms with Crippen molar-refractivity contribution in [1.82, 2.24) is 9.80 Å². The minimum absolute atomic E-state index is 0.209. The molecule has 0 aromatic rings. The zero-order valence-electron chi connectivity index (χ0n) is 11.2. The number of nitrogens with two attached hydrogens (primary N) is 1. The van der Waals surface area contributed by atoms with Crippen molar-refractivity contribution in [3.63, 3.8) is 0 Å². The maximum absolute atomic E-state index is 12.4. The Hall–Kier alpha value is -0.610. The lowest BCUT2D eigenvalue weighted by molar-refractivity contribution is -0.138. The summed E-state index contributed by atoms with van der Waals surface area (Å²) in [6, 6.07) is 1.09. The third-order valence-corrected chi connectivity index (χ3v) is 4.75. The summed E-state index contributed by atoms with van der Waals surface area (Å²) in [5.41, 5.74) is 5.98. The summed E-state index contributed by atoms with van der Waals surface area (Å²) in [5.74, 6) is 0.585. The summed E-state index contributed by atoms with van der Waals surface area (Å²) in [5, 5.41) is 0. The van der Waals surface area contributed by atoms with Crippen molar-refractivity contribution in [2.45, 2.75) is 50.6 Å². The van der Waals surface area contributed by atoms with Gasteiger partial charge in [-0.05, 0) is 32.1 Å². The highest BCUT2D eigenvalue weighted by Gasteiger charge is 2.34. The molecule has 0 spiro atoms. The van der Waals surface area contributed by atoms with Gasteiger partial charge in [0.2, 0.25) is 5.91 Å². The summed E-state index contributed by atoms with van der Waals surface area (Å²) in [6.45, 7) is 4.02. The molecule has 1 saturated heterocycles. The molecule has 0 bridgehead atoms. The van der Waals surface area contributed by atoms with Gasteiger partial charge in [-0.3, -0.25) is 9.69 Å². The minimum atomic E-state index is 0.209. The molecular formula is C14H25N3O. The predicted molar refractivity (Wildman–Crippen MR) is 71.1 cm³/mol. The van der Waals surface area contributed by atoms with Gasteiger partial charge in [0.25, 0.3) is 0 Å². The molecule has 0 aromatic heterocycles. The average molecular weight is 251 g/mol. The van der Waals surface area contributed by atoms with E-state index in [4.69, 9.17) is 5.73 Å². The smallest absolute Gasteiger partial charge is 0.225 e. The van der Waals surface area contributed by atoms with E-state index in [-0.39, 0.29) is 12.0 Å². The summed E-state index contributed by atoms with van der Waals surface area (Å²) in [6.07, 6.45) is 6.91. The molecule has 3 aliphatic rings. The van der Waals surface area contributed by atoms with Gasteiger partial charge >= 0.3 is 0 Å². The maximum Gasteiger partial charge on any atom is 0.225 e. The number of carbonyl (C=O) groups is 1. The first-order valence-corrected chi connectivity index (χ1v) is 7.52. The standard InChI is InChI=1S/C14H25N3O/c15-12-3-1-2-11(10-12)14(18)17-8-6-16(7-9-17)13-4-5-13/h11-13H,1-10,15H2. The van der Waals surface area contributed by atoms with E-state index in [0.29, 0.717) is 5.91 Å². The molecule has 3 fully saturated rings. The third kappa shape index (κ3) is 2.69. The fourth-order valence-electron chi connectivity index (χ4n) is 3.46. The van der Waals surface area contributed by atoms with Crippen LogP contribution in [-0.4, -0.2) is 54.0 Å². The van der Waals surface area contributed by atoms with Crippen molar-refractivity contribution in [2.24, 2.45) is 11.7 Å². The molecule has 4 heteroatoms. The van der Waals surface area contributed by atoms with E-state index >= 15 is 0 Å². The Morgan fingerprint density at radius 1 is 1.00 bits per heavy atom. The zero-order chi connectivity index (χ0) is 12.5. The van der Waals surface area contributed by atoms with Crippen LogP contribution in [0.5, 0.6) is 0 Å². The van der Waals surface area contributed by atoms with E-state index < -0.39 is 0 Å². The molecule has 0 radical (unpaired) electrons. The Morgan fingerprint density at radius 3 is 2.33 bits per heavy atom. The highest BCUT2D eigenvalue weighted by molar-refractivity contribution is 5.79. The molecule has 102 valence electrons. The van der Waals surface area contributed by atoms with Gasteiger partial charge in [0.1, 0.15) is 0 Å². The van der Waals surface area contributed by atoms with Gasteiger partial charge in [-0.1, -0.05) is 6.42 Å². The average Bonchev–Trinajstić information content (AvgIpc) is 3.22. The lowest BCUT2D eigenvalue weighted by atomic mass is 9.85. The topological polar surface area (TPSA) is 49.6 Å². The van der Waals surface area contributed by atoms with Crippen LogP contribution < -0.4 is 5.73 Å². The number of amides is 1. The molecule has 1 aliphatic heterocycles. The predicted octanol–water partition coefficient (Wildman–Crippen LogP) is 0.810. The summed E-state index contributed by atoms with van der Waals surface area (Å²) in [4.78, 5) is 17.1. The van der Waals surface area contributed by atoms with Gasteiger partial charge in [0.15, 0.2) is 0 Å². The summed E-state index contributed by atoms with van der Waals surface area (Å²) < 4.78 is 0. The second kappa shape index (κ2) is 5.17. The van der Waals surface area contributed by atoms with Crippen molar-refractivity contribution < 1.29 is 4.79 Å². The van der Waals surface area contributed by atoms with E-state index in [2.05, 4.69) is 9.80 Å². The molecule has 2 N–H and O–H groups in total. The van der Waals surface area contributed by atoms with E-state index in [1.165, 1.54) is 12.8 Å². The molecular weight excluding hydrogens is 226 g/mol. The van der Waals surface area contributed by atoms with Crippen LogP contribution in [0.25, 0.3) is 0 Å². The fourth-order valence-corrected chi connectivity index (χ4v) is 3.46. The minimum Gasteiger partial charge on any atom is -0.340 e. The Kier molecular flexibility index (Phi) is 3.57. The van der Waals surface area contributed by atoms with Crippen molar-refractivity contribution >= 4 is 5.91 Å². The second-order valence-corrected chi connectivity index (χ2v) is 6.22. The lowest BCUT2D eigenvalue weighted by Gasteiger charge is -2.37. The summed E-state index contributed by atoms with van der Waals surface area (Å²) >= 11 is 0. The van der Waals surface area contributed by atoms with Crippen LogP contribution in [0.4, 0.5) is 0 Å². The van der Waals surface area contributed by atoms with E-state index in [0.717, 1.165) is 57.9 Å². The monoisotopic (exact) mass is 251 g/mol. The van der Waals surface area contributed by atoms with Crippen LogP contribution in [0, 0.1) is 5.92 Å². The van der Waals surface area contributed by atoms with Crippen molar-refractivity contribution in [3.8, 4) is 0 Å².